The lowest BCUT2D eigenvalue weighted by molar-refractivity contribution is 0.215. The quantitative estimate of drug-likeness (QED) is 0.524. The van der Waals surface area contributed by atoms with Gasteiger partial charge in [-0.2, -0.15) is 8.78 Å². The first-order valence-electron chi connectivity index (χ1n) is 3.24. The van der Waals surface area contributed by atoms with Gasteiger partial charge in [0.05, 0.1) is 0 Å². The van der Waals surface area contributed by atoms with Crippen molar-refractivity contribution in [2.24, 2.45) is 0 Å². The van der Waals surface area contributed by atoms with Crippen molar-refractivity contribution < 1.29 is 13.2 Å². The molecule has 0 aliphatic carbocycles. The maximum Gasteiger partial charge on any atom is 0.299 e. The van der Waals surface area contributed by atoms with Crippen LogP contribution in [0, 0.1) is 17.7 Å². The minimum absolute atomic E-state index is 0.260. The molecule has 1 rings (SSSR count). The van der Waals surface area contributed by atoms with Crippen LogP contribution in [0.4, 0.5) is 13.2 Å². The van der Waals surface area contributed by atoms with Gasteiger partial charge in [0.1, 0.15) is 5.82 Å². The molecule has 0 bridgehead atoms. The minimum Gasteiger partial charge on any atom is -0.207 e. The molecule has 1 aromatic rings. The van der Waals surface area contributed by atoms with Gasteiger partial charge in [0.25, 0.3) is 6.43 Å². The molecule has 0 aliphatic heterocycles. The second-order valence-electron chi connectivity index (χ2n) is 2.08. The zero-order valence-corrected chi connectivity index (χ0v) is 6.02. The second kappa shape index (κ2) is 3.82. The van der Waals surface area contributed by atoms with Crippen molar-refractivity contribution >= 4 is 0 Å². The smallest absolute Gasteiger partial charge is 0.207 e. The van der Waals surface area contributed by atoms with Crippen LogP contribution >= 0.6 is 0 Å². The Hall–Kier alpha value is -1.43. The Morgan fingerprint density at radius 1 is 1.25 bits per heavy atom. The van der Waals surface area contributed by atoms with Crippen LogP contribution in [0.1, 0.15) is 5.56 Å². The topological polar surface area (TPSA) is 0 Å². The van der Waals surface area contributed by atoms with Gasteiger partial charge in [-0.3, -0.25) is 0 Å². The lowest BCUT2D eigenvalue weighted by atomic mass is 10.2. The van der Waals surface area contributed by atoms with E-state index in [-0.39, 0.29) is 5.56 Å². The van der Waals surface area contributed by atoms with E-state index in [1.165, 1.54) is 18.2 Å². The SMILES string of the molecule is Fc1cccc(C#CC(F)F)c1. The van der Waals surface area contributed by atoms with Crippen LogP contribution < -0.4 is 0 Å². The lowest BCUT2D eigenvalue weighted by Crippen LogP contribution is -1.82. The summed E-state index contributed by atoms with van der Waals surface area (Å²) < 4.78 is 35.5. The molecule has 0 aromatic heterocycles. The molecule has 0 unspecified atom stereocenters. The number of benzene rings is 1. The Balaban J connectivity index is 2.85. The number of rotatable bonds is 0. The van der Waals surface area contributed by atoms with Crippen molar-refractivity contribution in [1.82, 2.24) is 0 Å². The highest BCUT2D eigenvalue weighted by Crippen LogP contribution is 2.01. The molecule has 0 spiro atoms. The van der Waals surface area contributed by atoms with Gasteiger partial charge in [-0.15, -0.1) is 0 Å². The first kappa shape index (κ1) is 8.66. The molecular formula is C9H5F3. The molecule has 0 saturated carbocycles. The molecule has 62 valence electrons. The van der Waals surface area contributed by atoms with Crippen molar-refractivity contribution in [3.63, 3.8) is 0 Å². The molecule has 1 aromatic carbocycles. The van der Waals surface area contributed by atoms with Gasteiger partial charge in [-0.05, 0) is 24.1 Å². The predicted octanol–water partition coefficient (Wildman–Crippen LogP) is 2.44. The van der Waals surface area contributed by atoms with Crippen molar-refractivity contribution in [2.45, 2.75) is 6.43 Å². The van der Waals surface area contributed by atoms with Crippen molar-refractivity contribution in [1.29, 1.82) is 0 Å². The molecule has 0 heterocycles. The zero-order valence-electron chi connectivity index (χ0n) is 6.02. The monoisotopic (exact) mass is 170 g/mol. The largest absolute Gasteiger partial charge is 0.299 e. The summed E-state index contributed by atoms with van der Waals surface area (Å²) in [4.78, 5) is 0. The summed E-state index contributed by atoms with van der Waals surface area (Å²) in [5.74, 6) is 3.31. The molecule has 0 saturated heterocycles. The molecule has 0 amide bonds. The Kier molecular flexibility index (Phi) is 2.76. The van der Waals surface area contributed by atoms with Crippen LogP contribution in [0.5, 0.6) is 0 Å². The van der Waals surface area contributed by atoms with Crippen LogP contribution in [-0.4, -0.2) is 6.43 Å². The highest BCUT2D eigenvalue weighted by atomic mass is 19.3. The Morgan fingerprint density at radius 3 is 2.58 bits per heavy atom. The molecule has 0 N–H and O–H groups in total. The van der Waals surface area contributed by atoms with E-state index in [1.807, 2.05) is 0 Å². The molecule has 0 aliphatic rings. The van der Waals surface area contributed by atoms with Crippen LogP contribution in [0.2, 0.25) is 0 Å². The lowest BCUT2D eigenvalue weighted by Gasteiger charge is -1.88. The molecular weight excluding hydrogens is 165 g/mol. The first-order chi connectivity index (χ1) is 5.68. The third kappa shape index (κ3) is 2.67. The predicted molar refractivity (Wildman–Crippen MR) is 39.3 cm³/mol. The van der Waals surface area contributed by atoms with Crippen LogP contribution in [0.3, 0.4) is 0 Å². The molecule has 12 heavy (non-hydrogen) atoms. The second-order valence-corrected chi connectivity index (χ2v) is 2.08. The molecule has 0 nitrogen and oxygen atoms in total. The number of hydrogen-bond acceptors (Lipinski definition) is 0. The van der Waals surface area contributed by atoms with E-state index in [1.54, 1.807) is 5.92 Å². The number of alkyl halides is 2. The van der Waals surface area contributed by atoms with E-state index >= 15 is 0 Å². The normalized spacial score (nSPS) is 9.33. The van der Waals surface area contributed by atoms with E-state index in [9.17, 15) is 13.2 Å². The Bertz CT molecular complexity index is 320. The van der Waals surface area contributed by atoms with Gasteiger partial charge in [-0.1, -0.05) is 12.0 Å². The van der Waals surface area contributed by atoms with Gasteiger partial charge in [-0.25, -0.2) is 4.39 Å². The van der Waals surface area contributed by atoms with Crippen LogP contribution in [0.15, 0.2) is 24.3 Å². The van der Waals surface area contributed by atoms with Gasteiger partial charge < -0.3 is 0 Å². The zero-order chi connectivity index (χ0) is 8.97. The third-order valence-electron chi connectivity index (χ3n) is 1.15. The first-order valence-corrected chi connectivity index (χ1v) is 3.24. The minimum atomic E-state index is -2.67. The molecule has 0 radical (unpaired) electrons. The van der Waals surface area contributed by atoms with E-state index < -0.39 is 12.2 Å². The number of halogens is 3. The summed E-state index contributed by atoms with van der Waals surface area (Å²) in [5.41, 5.74) is 0.260. The molecule has 0 atom stereocenters. The summed E-state index contributed by atoms with van der Waals surface area (Å²) >= 11 is 0. The van der Waals surface area contributed by atoms with Crippen molar-refractivity contribution in [3.05, 3.63) is 35.6 Å². The van der Waals surface area contributed by atoms with Crippen molar-refractivity contribution in [2.75, 3.05) is 0 Å². The summed E-state index contributed by atoms with van der Waals surface area (Å²) in [7, 11) is 0. The average molecular weight is 170 g/mol. The maximum absolute atomic E-state index is 12.4. The van der Waals surface area contributed by atoms with Gasteiger partial charge in [0, 0.05) is 5.56 Å². The van der Waals surface area contributed by atoms with E-state index in [2.05, 4.69) is 5.92 Å². The highest BCUT2D eigenvalue weighted by Gasteiger charge is 1.93. The van der Waals surface area contributed by atoms with Crippen LogP contribution in [0.25, 0.3) is 0 Å². The molecule has 0 fully saturated rings. The van der Waals surface area contributed by atoms with Gasteiger partial charge in [0.2, 0.25) is 0 Å². The maximum atomic E-state index is 12.4. The highest BCUT2D eigenvalue weighted by molar-refractivity contribution is 5.34. The fraction of sp³-hybridized carbons (Fsp3) is 0.111. The fourth-order valence-electron chi connectivity index (χ4n) is 0.704. The summed E-state index contributed by atoms with van der Waals surface area (Å²) in [5, 5.41) is 0. The van der Waals surface area contributed by atoms with Gasteiger partial charge in [0.15, 0.2) is 0 Å². The van der Waals surface area contributed by atoms with Gasteiger partial charge >= 0.3 is 0 Å². The third-order valence-corrected chi connectivity index (χ3v) is 1.15. The average Bonchev–Trinajstić information content (AvgIpc) is 2.01. The van der Waals surface area contributed by atoms with E-state index in [0.29, 0.717) is 0 Å². The number of hydrogen-bond donors (Lipinski definition) is 0. The fourth-order valence-corrected chi connectivity index (χ4v) is 0.704. The Morgan fingerprint density at radius 2 is 2.00 bits per heavy atom. The summed E-state index contributed by atoms with van der Waals surface area (Å²) in [6.45, 7) is 0. The summed E-state index contributed by atoms with van der Waals surface area (Å²) in [6, 6.07) is 5.23. The Labute approximate surface area is 68.0 Å². The standard InChI is InChI=1S/C9H5F3/c10-8-3-1-2-7(6-8)4-5-9(11)12/h1-3,6,9H. The van der Waals surface area contributed by atoms with Crippen molar-refractivity contribution in [3.8, 4) is 11.8 Å². The summed E-state index contributed by atoms with van der Waals surface area (Å²) in [6.07, 6.45) is -2.67. The molecule has 3 heteroatoms. The van der Waals surface area contributed by atoms with E-state index in [0.717, 1.165) is 6.07 Å². The van der Waals surface area contributed by atoms with E-state index in [4.69, 9.17) is 0 Å². The van der Waals surface area contributed by atoms with Crippen LogP contribution in [-0.2, 0) is 0 Å².